The summed E-state index contributed by atoms with van der Waals surface area (Å²) in [6, 6.07) is 2.93. The van der Waals surface area contributed by atoms with Crippen LogP contribution in [0.5, 0.6) is 5.75 Å². The lowest BCUT2D eigenvalue weighted by molar-refractivity contribution is -0.142. The van der Waals surface area contributed by atoms with Crippen molar-refractivity contribution in [3.8, 4) is 5.75 Å². The van der Waals surface area contributed by atoms with Gasteiger partial charge in [0.15, 0.2) is 0 Å². The van der Waals surface area contributed by atoms with Crippen molar-refractivity contribution in [3.63, 3.8) is 0 Å². The number of rotatable bonds is 13. The summed E-state index contributed by atoms with van der Waals surface area (Å²) in [4.78, 5) is 59.0. The zero-order valence-electron chi connectivity index (χ0n) is 18.5. The van der Waals surface area contributed by atoms with Gasteiger partial charge in [0.1, 0.15) is 17.8 Å². The number of phenols is 1. The fraction of sp³-hybridized carbons (Fsp3) is 0.476. The quantitative estimate of drug-likeness (QED) is 0.179. The fourth-order valence-electron chi connectivity index (χ4n) is 2.84. The second-order valence-corrected chi connectivity index (χ2v) is 7.89. The Labute approximate surface area is 191 Å². The second kappa shape index (κ2) is 13.0. The van der Waals surface area contributed by atoms with E-state index in [0.717, 1.165) is 5.56 Å². The van der Waals surface area contributed by atoms with Crippen LogP contribution in [0.1, 0.15) is 32.3 Å². The number of primary amides is 1. The lowest BCUT2D eigenvalue weighted by Gasteiger charge is -2.23. The molecule has 0 fully saturated rings. The highest BCUT2D eigenvalue weighted by Gasteiger charge is 2.27. The summed E-state index contributed by atoms with van der Waals surface area (Å²) in [6.07, 6.45) is -0.230. The van der Waals surface area contributed by atoms with E-state index in [9.17, 15) is 29.1 Å². The third kappa shape index (κ3) is 9.99. The van der Waals surface area contributed by atoms with E-state index in [1.165, 1.54) is 12.1 Å². The first-order chi connectivity index (χ1) is 15.4. The Hall–Kier alpha value is -3.67. The molecule has 12 heteroatoms. The van der Waals surface area contributed by atoms with Crippen molar-refractivity contribution in [1.29, 1.82) is 0 Å². The average molecular weight is 466 g/mol. The zero-order valence-corrected chi connectivity index (χ0v) is 18.5. The molecule has 12 nitrogen and oxygen atoms in total. The van der Waals surface area contributed by atoms with Gasteiger partial charge in [-0.3, -0.25) is 19.2 Å². The maximum Gasteiger partial charge on any atom is 0.326 e. The summed E-state index contributed by atoms with van der Waals surface area (Å²) in [5, 5.41) is 25.6. The van der Waals surface area contributed by atoms with Crippen LogP contribution in [-0.4, -0.2) is 64.5 Å². The Balaban J connectivity index is 2.62. The van der Waals surface area contributed by atoms with Crippen LogP contribution in [0.15, 0.2) is 24.3 Å². The van der Waals surface area contributed by atoms with Crippen molar-refractivity contribution >= 4 is 29.6 Å². The zero-order chi connectivity index (χ0) is 25.1. The molecule has 3 unspecified atom stereocenters. The lowest BCUT2D eigenvalue weighted by atomic mass is 10.0. The molecule has 1 aromatic rings. The van der Waals surface area contributed by atoms with Gasteiger partial charge < -0.3 is 37.6 Å². The first-order valence-electron chi connectivity index (χ1n) is 10.3. The minimum Gasteiger partial charge on any atom is -0.508 e. The van der Waals surface area contributed by atoms with Crippen molar-refractivity contribution in [2.24, 2.45) is 17.4 Å². The fourth-order valence-corrected chi connectivity index (χ4v) is 2.84. The lowest BCUT2D eigenvalue weighted by Crippen LogP contribution is -2.55. The van der Waals surface area contributed by atoms with E-state index in [1.807, 2.05) is 0 Å². The summed E-state index contributed by atoms with van der Waals surface area (Å²) in [6.45, 7) is 2.86. The molecule has 3 atom stereocenters. The van der Waals surface area contributed by atoms with Gasteiger partial charge in [-0.1, -0.05) is 26.0 Å². The summed E-state index contributed by atoms with van der Waals surface area (Å²) in [7, 11) is 0. The Morgan fingerprint density at radius 3 is 2.12 bits per heavy atom. The predicted octanol–water partition coefficient (Wildman–Crippen LogP) is -1.65. The molecule has 0 aliphatic heterocycles. The molecule has 182 valence electrons. The second-order valence-electron chi connectivity index (χ2n) is 7.89. The molecule has 0 spiro atoms. The Kier molecular flexibility index (Phi) is 10.8. The van der Waals surface area contributed by atoms with E-state index in [4.69, 9.17) is 16.6 Å². The van der Waals surface area contributed by atoms with Crippen LogP contribution in [0.3, 0.4) is 0 Å². The number of nitrogens with two attached hydrogens (primary N) is 2. The number of carboxylic acids is 1. The number of aromatic hydroxyl groups is 1. The number of phenolic OH excluding ortho intramolecular Hbond substituents is 1. The van der Waals surface area contributed by atoms with Crippen molar-refractivity contribution in [2.45, 2.75) is 51.2 Å². The molecule has 0 aliphatic carbocycles. The number of benzene rings is 1. The van der Waals surface area contributed by atoms with E-state index >= 15 is 0 Å². The molecule has 0 saturated heterocycles. The van der Waals surface area contributed by atoms with Gasteiger partial charge in [-0.15, -0.1) is 0 Å². The first kappa shape index (κ1) is 27.4. The predicted molar refractivity (Wildman–Crippen MR) is 118 cm³/mol. The Morgan fingerprint density at radius 1 is 1.00 bits per heavy atom. The standard InChI is InChI=1S/C21H31N5O7/c1-11(2)18(26-19(30)14(22)9-12-3-5-13(27)6-4-12)20(31)24-10-17(29)25-15(21(32)33)7-8-16(23)28/h3-6,11,14-15,18,27H,7-10,22H2,1-2H3,(H2,23,28)(H,24,31)(H,25,29)(H,26,30)(H,32,33). The number of hydrogen-bond donors (Lipinski definition) is 7. The molecule has 0 heterocycles. The van der Waals surface area contributed by atoms with E-state index < -0.39 is 54.3 Å². The van der Waals surface area contributed by atoms with Crippen LogP contribution in [0, 0.1) is 5.92 Å². The molecule has 4 amide bonds. The molecular weight excluding hydrogens is 434 g/mol. The highest BCUT2D eigenvalue weighted by molar-refractivity contribution is 5.92. The maximum atomic E-state index is 12.5. The summed E-state index contributed by atoms with van der Waals surface area (Å²) >= 11 is 0. The Morgan fingerprint density at radius 2 is 1.61 bits per heavy atom. The molecule has 1 rings (SSSR count). The summed E-state index contributed by atoms with van der Waals surface area (Å²) in [5.74, 6) is -4.29. The van der Waals surface area contributed by atoms with Gasteiger partial charge in [0.2, 0.25) is 23.6 Å². The molecular formula is C21H31N5O7. The van der Waals surface area contributed by atoms with Crippen LogP contribution in [-0.2, 0) is 30.4 Å². The number of amides is 4. The van der Waals surface area contributed by atoms with E-state index in [2.05, 4.69) is 16.0 Å². The molecule has 0 radical (unpaired) electrons. The monoisotopic (exact) mass is 465 g/mol. The molecule has 0 bridgehead atoms. The van der Waals surface area contributed by atoms with Crippen molar-refractivity contribution in [2.75, 3.05) is 6.54 Å². The molecule has 0 aromatic heterocycles. The molecule has 1 aromatic carbocycles. The maximum absolute atomic E-state index is 12.5. The van der Waals surface area contributed by atoms with Crippen molar-refractivity contribution < 1.29 is 34.2 Å². The number of aliphatic carboxylic acids is 1. The van der Waals surface area contributed by atoms with Crippen LogP contribution in [0.2, 0.25) is 0 Å². The normalized spacial score (nSPS) is 13.5. The highest BCUT2D eigenvalue weighted by atomic mass is 16.4. The van der Waals surface area contributed by atoms with Gasteiger partial charge in [-0.05, 0) is 36.5 Å². The van der Waals surface area contributed by atoms with Gasteiger partial charge in [-0.2, -0.15) is 0 Å². The molecule has 0 saturated carbocycles. The largest absolute Gasteiger partial charge is 0.508 e. The number of hydrogen-bond acceptors (Lipinski definition) is 7. The number of carboxylic acid groups (broad SMARTS) is 1. The number of carbonyl (C=O) groups is 5. The van der Waals surface area contributed by atoms with Crippen molar-refractivity contribution in [3.05, 3.63) is 29.8 Å². The minimum atomic E-state index is -1.34. The number of nitrogens with one attached hydrogen (secondary N) is 3. The van der Waals surface area contributed by atoms with Crippen LogP contribution in [0.4, 0.5) is 0 Å². The third-order valence-corrected chi connectivity index (χ3v) is 4.71. The molecule has 0 aliphatic rings. The topological polar surface area (TPSA) is 214 Å². The summed E-state index contributed by atoms with van der Waals surface area (Å²) in [5.41, 5.74) is 11.6. The van der Waals surface area contributed by atoms with Crippen molar-refractivity contribution in [1.82, 2.24) is 16.0 Å². The van der Waals surface area contributed by atoms with Gasteiger partial charge in [0, 0.05) is 6.42 Å². The average Bonchev–Trinajstić information content (AvgIpc) is 2.73. The SMILES string of the molecule is CC(C)C(NC(=O)C(N)Cc1ccc(O)cc1)C(=O)NCC(=O)NC(CCC(N)=O)C(=O)O. The summed E-state index contributed by atoms with van der Waals surface area (Å²) < 4.78 is 0. The first-order valence-corrected chi connectivity index (χ1v) is 10.3. The minimum absolute atomic E-state index is 0.0832. The number of carbonyl (C=O) groups excluding carboxylic acids is 4. The highest BCUT2D eigenvalue weighted by Crippen LogP contribution is 2.11. The van der Waals surface area contributed by atoms with E-state index in [0.29, 0.717) is 0 Å². The van der Waals surface area contributed by atoms with E-state index in [1.54, 1.807) is 26.0 Å². The van der Waals surface area contributed by atoms with Crippen LogP contribution in [0.25, 0.3) is 0 Å². The van der Waals surface area contributed by atoms with Gasteiger partial charge in [0.05, 0.1) is 12.6 Å². The van der Waals surface area contributed by atoms with Gasteiger partial charge in [0.25, 0.3) is 0 Å². The smallest absolute Gasteiger partial charge is 0.326 e. The van der Waals surface area contributed by atoms with Gasteiger partial charge in [-0.25, -0.2) is 4.79 Å². The van der Waals surface area contributed by atoms with E-state index in [-0.39, 0.29) is 30.9 Å². The van der Waals surface area contributed by atoms with Crippen LogP contribution < -0.4 is 27.4 Å². The third-order valence-electron chi connectivity index (χ3n) is 4.71. The molecule has 33 heavy (non-hydrogen) atoms. The van der Waals surface area contributed by atoms with Gasteiger partial charge >= 0.3 is 5.97 Å². The Bertz CT molecular complexity index is 857. The molecule has 9 N–H and O–H groups in total. The van der Waals surface area contributed by atoms with Crippen LogP contribution >= 0.6 is 0 Å².